The lowest BCUT2D eigenvalue weighted by atomic mass is 9.85. The first-order valence-corrected chi connectivity index (χ1v) is 12.4. The van der Waals surface area contributed by atoms with Gasteiger partial charge in [0.05, 0.1) is 17.7 Å². The Hall–Kier alpha value is -3.93. The Labute approximate surface area is 217 Å². The second-order valence-electron chi connectivity index (χ2n) is 10.6. The lowest BCUT2D eigenvalue weighted by molar-refractivity contribution is -0.140. The van der Waals surface area contributed by atoms with E-state index in [2.05, 4.69) is 20.8 Å². The van der Waals surface area contributed by atoms with Gasteiger partial charge in [0.1, 0.15) is 17.3 Å². The van der Waals surface area contributed by atoms with E-state index < -0.39 is 17.7 Å². The summed E-state index contributed by atoms with van der Waals surface area (Å²) in [4.78, 5) is 28.0. The van der Waals surface area contributed by atoms with Crippen LogP contribution in [0.4, 0.5) is 4.39 Å². The number of nitrogens with zero attached hydrogens (tertiary/aromatic N) is 1. The van der Waals surface area contributed by atoms with Gasteiger partial charge in [-0.3, -0.25) is 9.59 Å². The van der Waals surface area contributed by atoms with Crippen molar-refractivity contribution in [2.45, 2.75) is 58.7 Å². The van der Waals surface area contributed by atoms with Crippen LogP contribution in [0.1, 0.15) is 62.9 Å². The number of aliphatic hydroxyl groups excluding tert-OH is 1. The molecule has 1 fully saturated rings. The second kappa shape index (κ2) is 10.2. The van der Waals surface area contributed by atoms with Crippen molar-refractivity contribution >= 4 is 17.4 Å². The first-order valence-electron chi connectivity index (χ1n) is 12.4. The summed E-state index contributed by atoms with van der Waals surface area (Å²) in [6.45, 7) is 10.2. The molecule has 1 atom stereocenters. The fourth-order valence-corrected chi connectivity index (χ4v) is 4.46. The molecule has 3 aromatic carbocycles. The van der Waals surface area contributed by atoms with E-state index in [-0.39, 0.29) is 35.2 Å². The summed E-state index contributed by atoms with van der Waals surface area (Å²) in [6.07, 6.45) is -0.00713. The van der Waals surface area contributed by atoms with Crippen molar-refractivity contribution < 1.29 is 23.8 Å². The number of hydrogen-bond donors (Lipinski definition) is 1. The molecule has 37 heavy (non-hydrogen) atoms. The number of ether oxygens (including phenoxy) is 1. The van der Waals surface area contributed by atoms with Gasteiger partial charge in [0, 0.05) is 12.1 Å². The number of likely N-dealkylation sites (tertiary alicyclic amines) is 1. The SMILES string of the molecule is CC(C)Oc1ccc(/C(O)=C2/C(=O)C(=O)N(Cc3ccc(F)cc3)C2c2ccc(C(C)(C)C)cc2)cc1. The van der Waals surface area contributed by atoms with Crippen LogP contribution in [-0.2, 0) is 21.5 Å². The highest BCUT2D eigenvalue weighted by Crippen LogP contribution is 2.41. The van der Waals surface area contributed by atoms with Crippen LogP contribution in [0, 0.1) is 5.82 Å². The highest BCUT2D eigenvalue weighted by molar-refractivity contribution is 6.46. The molecule has 1 unspecified atom stereocenters. The largest absolute Gasteiger partial charge is 0.507 e. The highest BCUT2D eigenvalue weighted by Gasteiger charge is 2.46. The van der Waals surface area contributed by atoms with Crippen LogP contribution in [0.3, 0.4) is 0 Å². The average Bonchev–Trinajstić information content (AvgIpc) is 3.09. The molecule has 0 aliphatic carbocycles. The molecule has 6 heteroatoms. The fraction of sp³-hybridized carbons (Fsp3) is 0.290. The van der Waals surface area contributed by atoms with Gasteiger partial charge in [-0.1, -0.05) is 57.2 Å². The van der Waals surface area contributed by atoms with E-state index >= 15 is 0 Å². The summed E-state index contributed by atoms with van der Waals surface area (Å²) in [7, 11) is 0. The topological polar surface area (TPSA) is 66.8 Å². The molecule has 0 spiro atoms. The zero-order chi connectivity index (χ0) is 26.9. The maximum Gasteiger partial charge on any atom is 0.295 e. The Balaban J connectivity index is 1.80. The Bertz CT molecular complexity index is 1320. The van der Waals surface area contributed by atoms with Gasteiger partial charge in [0.25, 0.3) is 11.7 Å². The van der Waals surface area contributed by atoms with Crippen molar-refractivity contribution in [3.8, 4) is 5.75 Å². The van der Waals surface area contributed by atoms with Gasteiger partial charge in [-0.05, 0) is 72.4 Å². The van der Waals surface area contributed by atoms with Crippen molar-refractivity contribution in [1.82, 2.24) is 4.90 Å². The Morgan fingerprint density at radius 1 is 0.946 bits per heavy atom. The number of benzene rings is 3. The maximum atomic E-state index is 13.5. The summed E-state index contributed by atoms with van der Waals surface area (Å²) >= 11 is 0. The number of halogens is 1. The number of aliphatic hydroxyl groups is 1. The number of ketones is 1. The molecule has 3 aromatic rings. The van der Waals surface area contributed by atoms with Crippen LogP contribution in [-0.4, -0.2) is 27.8 Å². The molecule has 1 saturated heterocycles. The zero-order valence-corrected chi connectivity index (χ0v) is 21.8. The van der Waals surface area contributed by atoms with Gasteiger partial charge in [-0.25, -0.2) is 4.39 Å². The minimum Gasteiger partial charge on any atom is -0.507 e. The molecule has 192 valence electrons. The van der Waals surface area contributed by atoms with Crippen LogP contribution in [0.2, 0.25) is 0 Å². The second-order valence-corrected chi connectivity index (χ2v) is 10.6. The number of hydrogen-bond acceptors (Lipinski definition) is 4. The Morgan fingerprint density at radius 2 is 1.54 bits per heavy atom. The smallest absolute Gasteiger partial charge is 0.295 e. The summed E-state index contributed by atoms with van der Waals surface area (Å²) in [5.74, 6) is -1.47. The van der Waals surface area contributed by atoms with E-state index in [0.29, 0.717) is 22.4 Å². The van der Waals surface area contributed by atoms with Crippen molar-refractivity contribution in [1.29, 1.82) is 0 Å². The van der Waals surface area contributed by atoms with Gasteiger partial charge in [-0.2, -0.15) is 0 Å². The summed E-state index contributed by atoms with van der Waals surface area (Å²) < 4.78 is 19.2. The number of amides is 1. The first kappa shape index (κ1) is 26.1. The van der Waals surface area contributed by atoms with E-state index in [1.54, 1.807) is 36.4 Å². The Morgan fingerprint density at radius 3 is 2.08 bits per heavy atom. The van der Waals surface area contributed by atoms with E-state index in [4.69, 9.17) is 4.74 Å². The van der Waals surface area contributed by atoms with Gasteiger partial charge >= 0.3 is 0 Å². The van der Waals surface area contributed by atoms with Crippen LogP contribution < -0.4 is 4.74 Å². The van der Waals surface area contributed by atoms with Gasteiger partial charge < -0.3 is 14.7 Å². The highest BCUT2D eigenvalue weighted by atomic mass is 19.1. The lowest BCUT2D eigenvalue weighted by Crippen LogP contribution is -2.29. The van der Waals surface area contributed by atoms with Crippen LogP contribution in [0.15, 0.2) is 78.4 Å². The third-order valence-electron chi connectivity index (χ3n) is 6.40. The molecule has 1 heterocycles. The molecule has 1 amide bonds. The number of carbonyl (C=O) groups excluding carboxylic acids is 2. The summed E-state index contributed by atoms with van der Waals surface area (Å²) in [5.41, 5.74) is 2.84. The van der Waals surface area contributed by atoms with Crippen LogP contribution in [0.25, 0.3) is 5.76 Å². The van der Waals surface area contributed by atoms with Gasteiger partial charge in [0.15, 0.2) is 0 Å². The van der Waals surface area contributed by atoms with Gasteiger partial charge in [-0.15, -0.1) is 0 Å². The standard InChI is InChI=1S/C31H32FNO4/c1-19(2)37-25-16-10-22(11-17-25)28(34)26-27(21-8-12-23(13-9-21)31(3,4)5)33(30(36)29(26)35)18-20-6-14-24(32)15-7-20/h6-17,19,27,34H,18H2,1-5H3/b28-26-. The molecule has 1 aliphatic heterocycles. The predicted octanol–water partition coefficient (Wildman–Crippen LogP) is 6.53. The quantitative estimate of drug-likeness (QED) is 0.237. The predicted molar refractivity (Wildman–Crippen MR) is 142 cm³/mol. The third-order valence-corrected chi connectivity index (χ3v) is 6.40. The minimum atomic E-state index is -0.800. The maximum absolute atomic E-state index is 13.5. The average molecular weight is 502 g/mol. The molecule has 4 rings (SSSR count). The normalized spacial score (nSPS) is 17.5. The van der Waals surface area contributed by atoms with E-state index in [1.807, 2.05) is 38.1 Å². The van der Waals surface area contributed by atoms with E-state index in [1.165, 1.54) is 17.0 Å². The van der Waals surface area contributed by atoms with Crippen LogP contribution in [0.5, 0.6) is 5.75 Å². The molecular formula is C31H32FNO4. The fourth-order valence-electron chi connectivity index (χ4n) is 4.46. The van der Waals surface area contributed by atoms with Crippen molar-refractivity contribution in [3.05, 3.63) is 106 Å². The van der Waals surface area contributed by atoms with Crippen molar-refractivity contribution in [3.63, 3.8) is 0 Å². The molecule has 0 bridgehead atoms. The lowest BCUT2D eigenvalue weighted by Gasteiger charge is -2.26. The number of rotatable bonds is 6. The summed E-state index contributed by atoms with van der Waals surface area (Å²) in [5, 5.41) is 11.3. The van der Waals surface area contributed by atoms with Crippen molar-refractivity contribution in [2.24, 2.45) is 0 Å². The Kier molecular flexibility index (Phi) is 7.21. The minimum absolute atomic E-state index is 0.00713. The third kappa shape index (κ3) is 5.58. The van der Waals surface area contributed by atoms with E-state index in [9.17, 15) is 19.1 Å². The molecule has 1 N–H and O–H groups in total. The molecule has 0 saturated carbocycles. The van der Waals surface area contributed by atoms with Crippen molar-refractivity contribution in [2.75, 3.05) is 0 Å². The summed E-state index contributed by atoms with van der Waals surface area (Å²) in [6, 6.07) is 19.5. The number of Topliss-reactive ketones (excluding diaryl/α,β-unsaturated/α-hetero) is 1. The molecular weight excluding hydrogens is 469 g/mol. The zero-order valence-electron chi connectivity index (χ0n) is 21.8. The number of carbonyl (C=O) groups is 2. The van der Waals surface area contributed by atoms with E-state index in [0.717, 1.165) is 5.56 Å². The molecule has 0 aromatic heterocycles. The monoisotopic (exact) mass is 501 g/mol. The van der Waals surface area contributed by atoms with Gasteiger partial charge in [0.2, 0.25) is 0 Å². The molecule has 0 radical (unpaired) electrons. The molecule has 1 aliphatic rings. The van der Waals surface area contributed by atoms with Crippen LogP contribution >= 0.6 is 0 Å². The first-order chi connectivity index (χ1) is 17.5. The molecule has 5 nitrogen and oxygen atoms in total.